The maximum atomic E-state index is 10.2. The molecule has 1 aliphatic heterocycles. The molecule has 1 N–H and O–H groups in total. The van der Waals surface area contributed by atoms with Gasteiger partial charge in [0.25, 0.3) is 0 Å². The van der Waals surface area contributed by atoms with E-state index in [1.165, 1.54) is 24.8 Å². The predicted octanol–water partition coefficient (Wildman–Crippen LogP) is 4.17. The molecule has 4 heteroatoms. The fraction of sp³-hybridized carbons (Fsp3) is 0.455. The van der Waals surface area contributed by atoms with Gasteiger partial charge in [-0.1, -0.05) is 54.1 Å². The maximum Gasteiger partial charge on any atom is 0.0900 e. The van der Waals surface area contributed by atoms with Crippen LogP contribution in [0.4, 0.5) is 0 Å². The van der Waals surface area contributed by atoms with Crippen LogP contribution < -0.4 is 0 Å². The summed E-state index contributed by atoms with van der Waals surface area (Å²) in [5, 5.41) is 11.0. The summed E-state index contributed by atoms with van der Waals surface area (Å²) in [7, 11) is 0. The van der Waals surface area contributed by atoms with Gasteiger partial charge in [0.05, 0.1) is 19.3 Å². The van der Waals surface area contributed by atoms with Crippen LogP contribution in [0.5, 0.6) is 0 Å². The van der Waals surface area contributed by atoms with Gasteiger partial charge in [-0.3, -0.25) is 0 Å². The molecular weight excluding hydrogens is 346 g/mol. The average Bonchev–Trinajstić information content (AvgIpc) is 2.66. The van der Waals surface area contributed by atoms with Crippen molar-refractivity contribution in [1.82, 2.24) is 4.90 Å². The molecule has 2 aromatic carbocycles. The Kier molecular flexibility index (Phi) is 7.51. The molecule has 0 bridgehead atoms. The van der Waals surface area contributed by atoms with Gasteiger partial charge >= 0.3 is 0 Å². The number of benzene rings is 2. The number of hydrogen-bond donors (Lipinski definition) is 1. The Morgan fingerprint density at radius 3 is 2.38 bits per heavy atom. The molecule has 1 unspecified atom stereocenters. The van der Waals surface area contributed by atoms with Gasteiger partial charge < -0.3 is 14.7 Å². The first-order valence-electron chi connectivity index (χ1n) is 9.45. The van der Waals surface area contributed by atoms with E-state index in [0.29, 0.717) is 19.8 Å². The van der Waals surface area contributed by atoms with Gasteiger partial charge in [0.2, 0.25) is 0 Å². The smallest absolute Gasteiger partial charge is 0.0900 e. The van der Waals surface area contributed by atoms with Gasteiger partial charge in [0, 0.05) is 11.6 Å². The molecule has 1 heterocycles. The molecule has 2 aromatic rings. The van der Waals surface area contributed by atoms with Crippen LogP contribution in [-0.4, -0.2) is 42.4 Å². The number of halogens is 1. The summed E-state index contributed by atoms with van der Waals surface area (Å²) in [6.07, 6.45) is 3.13. The molecule has 0 radical (unpaired) electrons. The van der Waals surface area contributed by atoms with Crippen molar-refractivity contribution < 1.29 is 9.84 Å². The number of ether oxygens (including phenoxy) is 1. The van der Waals surface area contributed by atoms with Crippen LogP contribution in [0.1, 0.15) is 24.0 Å². The molecule has 0 saturated carbocycles. The van der Waals surface area contributed by atoms with E-state index in [9.17, 15) is 5.11 Å². The first-order valence-corrected chi connectivity index (χ1v) is 9.83. The van der Waals surface area contributed by atoms with E-state index in [1.54, 1.807) is 0 Å². The van der Waals surface area contributed by atoms with Crippen LogP contribution in [0, 0.1) is 5.92 Å². The summed E-state index contributed by atoms with van der Waals surface area (Å²) in [5.41, 5.74) is 2.50. The van der Waals surface area contributed by atoms with Crippen molar-refractivity contribution in [1.29, 1.82) is 0 Å². The molecule has 3 nitrogen and oxygen atoms in total. The molecule has 1 atom stereocenters. The number of aliphatic hydroxyl groups is 1. The molecular formula is C22H28ClNO2. The van der Waals surface area contributed by atoms with E-state index in [-0.39, 0.29) is 0 Å². The quantitative estimate of drug-likeness (QED) is 0.753. The Hall–Kier alpha value is -1.39. The number of aliphatic hydroxyl groups excluding tert-OH is 1. The third kappa shape index (κ3) is 6.40. The summed E-state index contributed by atoms with van der Waals surface area (Å²) in [5.74, 6) is 0.756. The van der Waals surface area contributed by atoms with Gasteiger partial charge in [-0.15, -0.1) is 0 Å². The number of piperidine rings is 1. The summed E-state index contributed by atoms with van der Waals surface area (Å²) in [6, 6.07) is 18.4. The topological polar surface area (TPSA) is 32.7 Å². The largest absolute Gasteiger partial charge is 0.389 e. The normalized spacial score (nSPS) is 17.3. The minimum absolute atomic E-state index is 0.368. The molecule has 26 heavy (non-hydrogen) atoms. The van der Waals surface area contributed by atoms with Gasteiger partial charge in [-0.25, -0.2) is 0 Å². The number of likely N-dealkylation sites (tertiary alicyclic amines) is 1. The van der Waals surface area contributed by atoms with Gasteiger partial charge in [0.1, 0.15) is 0 Å². The highest BCUT2D eigenvalue weighted by Gasteiger charge is 2.21. The van der Waals surface area contributed by atoms with Crippen LogP contribution >= 0.6 is 11.6 Å². The van der Waals surface area contributed by atoms with Crippen molar-refractivity contribution in [3.05, 3.63) is 70.7 Å². The zero-order valence-electron chi connectivity index (χ0n) is 15.2. The Balaban J connectivity index is 1.31. The summed E-state index contributed by atoms with van der Waals surface area (Å²) in [4.78, 5) is 2.36. The van der Waals surface area contributed by atoms with Crippen molar-refractivity contribution in [3.63, 3.8) is 0 Å². The van der Waals surface area contributed by atoms with Crippen molar-refractivity contribution in [3.8, 4) is 0 Å². The van der Waals surface area contributed by atoms with E-state index in [2.05, 4.69) is 35.2 Å². The molecule has 3 rings (SSSR count). The fourth-order valence-corrected chi connectivity index (χ4v) is 3.69. The fourth-order valence-electron chi connectivity index (χ4n) is 3.56. The first-order chi connectivity index (χ1) is 12.7. The Morgan fingerprint density at radius 2 is 1.69 bits per heavy atom. The van der Waals surface area contributed by atoms with Crippen molar-refractivity contribution in [2.45, 2.75) is 32.0 Å². The van der Waals surface area contributed by atoms with Crippen molar-refractivity contribution >= 4 is 11.6 Å². The van der Waals surface area contributed by atoms with Gasteiger partial charge in [-0.2, -0.15) is 0 Å². The van der Waals surface area contributed by atoms with E-state index in [0.717, 1.165) is 29.6 Å². The average molecular weight is 374 g/mol. The number of hydrogen-bond acceptors (Lipinski definition) is 3. The molecule has 0 spiro atoms. The lowest BCUT2D eigenvalue weighted by Crippen LogP contribution is -2.40. The van der Waals surface area contributed by atoms with Crippen LogP contribution in [0.3, 0.4) is 0 Å². The third-order valence-electron chi connectivity index (χ3n) is 5.04. The zero-order valence-corrected chi connectivity index (χ0v) is 15.9. The monoisotopic (exact) mass is 373 g/mol. The standard InChI is InChI=1S/C22H28ClNO2/c23-21-8-6-20(7-9-21)16-26-17-22(25)15-24-12-10-19(11-13-24)14-18-4-2-1-3-5-18/h1-9,19,22,25H,10-17H2. The predicted molar refractivity (Wildman–Crippen MR) is 106 cm³/mol. The summed E-state index contributed by atoms with van der Waals surface area (Å²) in [6.45, 7) is 3.69. The minimum Gasteiger partial charge on any atom is -0.389 e. The first kappa shape index (κ1) is 19.4. The number of β-amino-alcohol motifs (C(OH)–C–C–N with tert-alkyl or cyclic N) is 1. The molecule has 0 amide bonds. The maximum absolute atomic E-state index is 10.2. The molecule has 140 valence electrons. The SMILES string of the molecule is OC(COCc1ccc(Cl)cc1)CN1CCC(Cc2ccccc2)CC1. The van der Waals surface area contributed by atoms with Crippen LogP contribution in [-0.2, 0) is 17.8 Å². The lowest BCUT2D eigenvalue weighted by Gasteiger charge is -2.33. The van der Waals surface area contributed by atoms with E-state index in [1.807, 2.05) is 24.3 Å². The van der Waals surface area contributed by atoms with Crippen LogP contribution in [0.2, 0.25) is 5.02 Å². The molecule has 1 saturated heterocycles. The Labute approximate surface area is 161 Å². The van der Waals surface area contributed by atoms with Crippen molar-refractivity contribution in [2.75, 3.05) is 26.2 Å². The summed E-state index contributed by atoms with van der Waals surface area (Å²) >= 11 is 5.87. The van der Waals surface area contributed by atoms with Gasteiger partial charge in [0.15, 0.2) is 0 Å². The molecule has 1 fully saturated rings. The van der Waals surface area contributed by atoms with E-state index < -0.39 is 6.10 Å². The third-order valence-corrected chi connectivity index (χ3v) is 5.29. The Morgan fingerprint density at radius 1 is 1.00 bits per heavy atom. The second-order valence-corrected chi connectivity index (χ2v) is 7.67. The van der Waals surface area contributed by atoms with Crippen LogP contribution in [0.15, 0.2) is 54.6 Å². The Bertz CT molecular complexity index is 639. The highest BCUT2D eigenvalue weighted by molar-refractivity contribution is 6.30. The van der Waals surface area contributed by atoms with Crippen LogP contribution in [0.25, 0.3) is 0 Å². The van der Waals surface area contributed by atoms with Gasteiger partial charge in [-0.05, 0) is 61.5 Å². The number of rotatable bonds is 8. The zero-order chi connectivity index (χ0) is 18.2. The lowest BCUT2D eigenvalue weighted by molar-refractivity contribution is 0.00451. The van der Waals surface area contributed by atoms with E-state index in [4.69, 9.17) is 16.3 Å². The van der Waals surface area contributed by atoms with Crippen molar-refractivity contribution in [2.24, 2.45) is 5.92 Å². The summed E-state index contributed by atoms with van der Waals surface area (Å²) < 4.78 is 5.64. The second kappa shape index (κ2) is 10.1. The molecule has 0 aliphatic carbocycles. The molecule has 0 aromatic heterocycles. The number of nitrogens with zero attached hydrogens (tertiary/aromatic N) is 1. The highest BCUT2D eigenvalue weighted by atomic mass is 35.5. The minimum atomic E-state index is -0.437. The lowest BCUT2D eigenvalue weighted by atomic mass is 9.90. The van der Waals surface area contributed by atoms with E-state index >= 15 is 0 Å². The molecule has 1 aliphatic rings. The second-order valence-electron chi connectivity index (χ2n) is 7.23. The highest BCUT2D eigenvalue weighted by Crippen LogP contribution is 2.21.